The van der Waals surface area contributed by atoms with Gasteiger partial charge in [0.2, 0.25) is 11.9 Å². The molecular weight excluding hydrogens is 288 g/mol. The SMILES string of the molecule is Nc1nccc(C2CCN(C(=O)[C@@H]3CC34CCCCC4)CC2)n1. The van der Waals surface area contributed by atoms with Crippen molar-refractivity contribution >= 4 is 11.9 Å². The van der Waals surface area contributed by atoms with Gasteiger partial charge in [-0.3, -0.25) is 4.79 Å². The maximum absolute atomic E-state index is 12.8. The Hall–Kier alpha value is -1.65. The van der Waals surface area contributed by atoms with Crippen LogP contribution in [0.4, 0.5) is 5.95 Å². The second-order valence-electron chi connectivity index (χ2n) is 7.62. The zero-order valence-electron chi connectivity index (χ0n) is 13.7. The van der Waals surface area contributed by atoms with Crippen molar-refractivity contribution in [3.05, 3.63) is 18.0 Å². The Morgan fingerprint density at radius 2 is 1.96 bits per heavy atom. The number of hydrogen-bond acceptors (Lipinski definition) is 4. The molecule has 2 N–H and O–H groups in total. The minimum absolute atomic E-state index is 0.328. The molecule has 5 nitrogen and oxygen atoms in total. The highest BCUT2D eigenvalue weighted by atomic mass is 16.2. The second-order valence-corrected chi connectivity index (χ2v) is 7.62. The second kappa shape index (κ2) is 5.77. The summed E-state index contributed by atoms with van der Waals surface area (Å²) < 4.78 is 0. The molecule has 1 atom stereocenters. The summed E-state index contributed by atoms with van der Waals surface area (Å²) in [5, 5.41) is 0. The van der Waals surface area contributed by atoms with Crippen LogP contribution in [0.5, 0.6) is 0 Å². The first-order valence-electron chi connectivity index (χ1n) is 9.05. The number of likely N-dealkylation sites (tertiary alicyclic amines) is 1. The van der Waals surface area contributed by atoms with Gasteiger partial charge in [-0.15, -0.1) is 0 Å². The molecule has 5 heteroatoms. The van der Waals surface area contributed by atoms with Gasteiger partial charge in [0, 0.05) is 36.8 Å². The van der Waals surface area contributed by atoms with Crippen LogP contribution in [0, 0.1) is 11.3 Å². The van der Waals surface area contributed by atoms with Crippen molar-refractivity contribution in [1.82, 2.24) is 14.9 Å². The standard InChI is InChI=1S/C18H26N4O/c19-17-20-9-4-15(21-17)13-5-10-22(11-6-13)16(23)14-12-18(14)7-2-1-3-8-18/h4,9,13-14H,1-3,5-8,10-12H2,(H2,19,20,21)/t14-/m0/s1. The number of amides is 1. The van der Waals surface area contributed by atoms with Crippen LogP contribution in [0.3, 0.4) is 0 Å². The van der Waals surface area contributed by atoms with Crippen molar-refractivity contribution in [2.45, 2.75) is 57.3 Å². The molecule has 2 saturated carbocycles. The van der Waals surface area contributed by atoms with E-state index in [2.05, 4.69) is 14.9 Å². The first-order valence-corrected chi connectivity index (χ1v) is 9.05. The average Bonchev–Trinajstić information content (AvgIpc) is 3.28. The van der Waals surface area contributed by atoms with Crippen molar-refractivity contribution in [3.8, 4) is 0 Å². The number of nitrogens with two attached hydrogens (primary N) is 1. The van der Waals surface area contributed by atoms with Gasteiger partial charge in [-0.05, 0) is 43.6 Å². The Labute approximate surface area is 137 Å². The smallest absolute Gasteiger partial charge is 0.226 e. The molecule has 1 spiro atoms. The highest BCUT2D eigenvalue weighted by molar-refractivity contribution is 5.82. The number of anilines is 1. The van der Waals surface area contributed by atoms with Gasteiger partial charge in [-0.2, -0.15) is 0 Å². The van der Waals surface area contributed by atoms with Gasteiger partial charge in [0.1, 0.15) is 0 Å². The third-order valence-corrected chi connectivity index (χ3v) is 6.26. The van der Waals surface area contributed by atoms with E-state index in [0.717, 1.165) is 38.0 Å². The lowest BCUT2D eigenvalue weighted by atomic mass is 9.84. The maximum Gasteiger partial charge on any atom is 0.226 e. The number of nitrogen functional groups attached to an aromatic ring is 1. The normalized spacial score (nSPS) is 27.1. The molecule has 1 aromatic rings. The summed E-state index contributed by atoms with van der Waals surface area (Å²) in [5.41, 5.74) is 7.10. The van der Waals surface area contributed by atoms with Crippen molar-refractivity contribution in [2.75, 3.05) is 18.8 Å². The van der Waals surface area contributed by atoms with Crippen LogP contribution in [-0.2, 0) is 4.79 Å². The summed E-state index contributed by atoms with van der Waals surface area (Å²) in [7, 11) is 0. The van der Waals surface area contributed by atoms with Gasteiger partial charge < -0.3 is 10.6 Å². The number of nitrogens with zero attached hydrogens (tertiary/aromatic N) is 3. The van der Waals surface area contributed by atoms with Crippen LogP contribution in [0.15, 0.2) is 12.3 Å². The van der Waals surface area contributed by atoms with Crippen molar-refractivity contribution in [1.29, 1.82) is 0 Å². The lowest BCUT2D eigenvalue weighted by Crippen LogP contribution is -2.40. The summed E-state index contributed by atoms with van der Waals surface area (Å²) in [4.78, 5) is 23.2. The van der Waals surface area contributed by atoms with Crippen LogP contribution in [0.2, 0.25) is 0 Å². The number of rotatable bonds is 2. The zero-order valence-corrected chi connectivity index (χ0v) is 13.7. The molecule has 0 bridgehead atoms. The lowest BCUT2D eigenvalue weighted by molar-refractivity contribution is -0.134. The van der Waals surface area contributed by atoms with Crippen LogP contribution in [0.1, 0.15) is 63.0 Å². The third-order valence-electron chi connectivity index (χ3n) is 6.26. The first kappa shape index (κ1) is 14.9. The van der Waals surface area contributed by atoms with Crippen LogP contribution in [-0.4, -0.2) is 33.9 Å². The molecule has 2 aliphatic carbocycles. The van der Waals surface area contributed by atoms with E-state index < -0.39 is 0 Å². The fourth-order valence-corrected chi connectivity index (χ4v) is 4.74. The molecule has 4 rings (SSSR count). The van der Waals surface area contributed by atoms with Crippen LogP contribution >= 0.6 is 0 Å². The Kier molecular flexibility index (Phi) is 3.74. The number of carbonyl (C=O) groups is 1. The third kappa shape index (κ3) is 2.81. The predicted octanol–water partition coefficient (Wildman–Crippen LogP) is 2.74. The molecule has 1 saturated heterocycles. The summed E-state index contributed by atoms with van der Waals surface area (Å²) >= 11 is 0. The predicted molar refractivity (Wildman–Crippen MR) is 88.6 cm³/mol. The summed E-state index contributed by atoms with van der Waals surface area (Å²) in [6.45, 7) is 1.72. The van der Waals surface area contributed by atoms with E-state index in [-0.39, 0.29) is 0 Å². The molecule has 3 aliphatic rings. The van der Waals surface area contributed by atoms with E-state index in [9.17, 15) is 4.79 Å². The zero-order chi connectivity index (χ0) is 15.9. The Morgan fingerprint density at radius 1 is 1.22 bits per heavy atom. The van der Waals surface area contributed by atoms with Crippen LogP contribution < -0.4 is 5.73 Å². The number of piperidine rings is 1. The highest BCUT2D eigenvalue weighted by Crippen LogP contribution is 2.62. The molecule has 1 aliphatic heterocycles. The number of aromatic nitrogens is 2. The van der Waals surface area contributed by atoms with Gasteiger partial charge in [0.25, 0.3) is 0 Å². The fourth-order valence-electron chi connectivity index (χ4n) is 4.74. The van der Waals surface area contributed by atoms with Crippen molar-refractivity contribution < 1.29 is 4.79 Å². The molecular formula is C18H26N4O. The fraction of sp³-hybridized carbons (Fsp3) is 0.722. The van der Waals surface area contributed by atoms with E-state index >= 15 is 0 Å². The van der Waals surface area contributed by atoms with E-state index in [1.54, 1.807) is 6.20 Å². The van der Waals surface area contributed by atoms with Crippen molar-refractivity contribution in [2.24, 2.45) is 11.3 Å². The molecule has 0 radical (unpaired) electrons. The highest BCUT2D eigenvalue weighted by Gasteiger charge is 2.58. The minimum Gasteiger partial charge on any atom is -0.368 e. The van der Waals surface area contributed by atoms with Gasteiger partial charge >= 0.3 is 0 Å². The Morgan fingerprint density at radius 3 is 2.65 bits per heavy atom. The van der Waals surface area contributed by atoms with E-state index in [1.165, 1.54) is 32.1 Å². The molecule has 0 aromatic carbocycles. The van der Waals surface area contributed by atoms with E-state index in [1.807, 2.05) is 6.07 Å². The lowest BCUT2D eigenvalue weighted by Gasteiger charge is -2.33. The van der Waals surface area contributed by atoms with Crippen LogP contribution in [0.25, 0.3) is 0 Å². The minimum atomic E-state index is 0.328. The molecule has 3 fully saturated rings. The molecule has 0 unspecified atom stereocenters. The topological polar surface area (TPSA) is 72.1 Å². The molecule has 2 heterocycles. The Balaban J connectivity index is 1.34. The van der Waals surface area contributed by atoms with Gasteiger partial charge in [-0.25, -0.2) is 9.97 Å². The molecule has 124 valence electrons. The van der Waals surface area contributed by atoms with Gasteiger partial charge in [0.15, 0.2) is 0 Å². The monoisotopic (exact) mass is 314 g/mol. The average molecular weight is 314 g/mol. The largest absolute Gasteiger partial charge is 0.368 e. The molecule has 1 amide bonds. The molecule has 1 aromatic heterocycles. The van der Waals surface area contributed by atoms with Crippen molar-refractivity contribution in [3.63, 3.8) is 0 Å². The van der Waals surface area contributed by atoms with Gasteiger partial charge in [0.05, 0.1) is 0 Å². The summed E-state index contributed by atoms with van der Waals surface area (Å²) in [5.74, 6) is 1.51. The summed E-state index contributed by atoms with van der Waals surface area (Å²) in [6, 6.07) is 1.95. The number of carbonyl (C=O) groups excluding carboxylic acids is 1. The van der Waals surface area contributed by atoms with E-state index in [4.69, 9.17) is 5.73 Å². The Bertz CT molecular complexity index is 588. The molecule has 23 heavy (non-hydrogen) atoms. The summed E-state index contributed by atoms with van der Waals surface area (Å²) in [6.07, 6.45) is 11.4. The first-order chi connectivity index (χ1) is 11.2. The van der Waals surface area contributed by atoms with Gasteiger partial charge in [-0.1, -0.05) is 19.3 Å². The number of hydrogen-bond donors (Lipinski definition) is 1. The maximum atomic E-state index is 12.8. The quantitative estimate of drug-likeness (QED) is 0.911. The van der Waals surface area contributed by atoms with E-state index in [0.29, 0.717) is 29.1 Å².